The second-order valence-corrected chi connectivity index (χ2v) is 16.3. The first kappa shape index (κ1) is 27.7. The largest absolute Gasteiger partial charge is 0.494 e. The molecule has 0 atom stereocenters. The molecule has 0 aliphatic heterocycles. The lowest BCUT2D eigenvalue weighted by atomic mass is 10.0. The van der Waals surface area contributed by atoms with Gasteiger partial charge in [0, 0.05) is 18.0 Å². The smallest absolute Gasteiger partial charge is 0.316 e. The molecule has 1 aromatic carbocycles. The highest BCUT2D eigenvalue weighted by atomic mass is 28.3. The van der Waals surface area contributed by atoms with Crippen molar-refractivity contribution in [3.63, 3.8) is 0 Å². The van der Waals surface area contributed by atoms with Gasteiger partial charge in [-0.25, -0.2) is 9.97 Å². The molecule has 0 N–H and O–H groups in total. The van der Waals surface area contributed by atoms with E-state index in [9.17, 15) is 0 Å². The number of benzene rings is 1. The van der Waals surface area contributed by atoms with Crippen molar-refractivity contribution in [1.29, 1.82) is 0 Å². The maximum atomic E-state index is 6.03. The Kier molecular flexibility index (Phi) is 12.1. The lowest BCUT2D eigenvalue weighted by molar-refractivity contribution is 0.281. The van der Waals surface area contributed by atoms with E-state index in [-0.39, 0.29) is 0 Å². The first-order valence-corrected chi connectivity index (χ1v) is 17.5. The van der Waals surface area contributed by atoms with E-state index in [0.717, 1.165) is 41.9 Å². The summed E-state index contributed by atoms with van der Waals surface area (Å²) >= 11 is 0. The average Bonchev–Trinajstić information content (AvgIpc) is 2.89. The third kappa shape index (κ3) is 9.95. The molecule has 3 rings (SSSR count). The fourth-order valence-electron chi connectivity index (χ4n) is 5.29. The van der Waals surface area contributed by atoms with Gasteiger partial charge in [0.25, 0.3) is 0 Å². The molecule has 0 radical (unpaired) electrons. The first-order chi connectivity index (χ1) is 17.1. The van der Waals surface area contributed by atoms with Crippen LogP contribution < -0.4 is 9.47 Å². The summed E-state index contributed by atoms with van der Waals surface area (Å²) in [5.74, 6) is 0.942. The Hall–Kier alpha value is -1.88. The van der Waals surface area contributed by atoms with Crippen molar-refractivity contribution >= 4 is 8.07 Å². The van der Waals surface area contributed by atoms with E-state index >= 15 is 0 Å². The fourth-order valence-corrected chi connectivity index (χ4v) is 8.83. The third-order valence-electron chi connectivity index (χ3n) is 7.74. The highest BCUT2D eigenvalue weighted by molar-refractivity contribution is 6.78. The van der Waals surface area contributed by atoms with Crippen LogP contribution in [0.2, 0.25) is 24.7 Å². The molecule has 0 bridgehead atoms. The highest BCUT2D eigenvalue weighted by Gasteiger charge is 2.31. The van der Waals surface area contributed by atoms with Crippen LogP contribution in [0.15, 0.2) is 36.7 Å². The van der Waals surface area contributed by atoms with Crippen LogP contribution in [-0.2, 0) is 0 Å². The highest BCUT2D eigenvalue weighted by Crippen LogP contribution is 2.39. The predicted octanol–water partition coefficient (Wildman–Crippen LogP) is 9.08. The van der Waals surface area contributed by atoms with Crippen LogP contribution in [0.3, 0.4) is 0 Å². The maximum Gasteiger partial charge on any atom is 0.316 e. The molecule has 35 heavy (non-hydrogen) atoms. The number of nitrogens with zero attached hydrogens (tertiary/aromatic N) is 2. The molecule has 1 heterocycles. The molecule has 1 fully saturated rings. The Bertz CT molecular complexity index is 817. The van der Waals surface area contributed by atoms with E-state index in [0.29, 0.717) is 12.6 Å². The van der Waals surface area contributed by atoms with Crippen molar-refractivity contribution in [3.8, 4) is 22.9 Å². The molecule has 1 aliphatic rings. The lowest BCUT2D eigenvalue weighted by Crippen LogP contribution is -2.33. The molecule has 0 saturated heterocycles. The number of hydrogen-bond donors (Lipinski definition) is 0. The van der Waals surface area contributed by atoms with Crippen molar-refractivity contribution in [2.24, 2.45) is 0 Å². The second kappa shape index (κ2) is 15.3. The Labute approximate surface area is 215 Å². The van der Waals surface area contributed by atoms with Crippen LogP contribution in [0, 0.1) is 0 Å². The lowest BCUT2D eigenvalue weighted by Gasteiger charge is -2.35. The summed E-state index contributed by atoms with van der Waals surface area (Å²) in [5.41, 5.74) is 3.15. The predicted molar refractivity (Wildman–Crippen MR) is 150 cm³/mol. The molecular formula is C30H48N2O2Si. The van der Waals surface area contributed by atoms with Crippen molar-refractivity contribution in [2.75, 3.05) is 13.2 Å². The van der Waals surface area contributed by atoms with Crippen LogP contribution in [-0.4, -0.2) is 31.3 Å². The molecule has 0 unspecified atom stereocenters. The molecule has 1 aromatic heterocycles. The van der Waals surface area contributed by atoms with Crippen LogP contribution in [0.4, 0.5) is 0 Å². The van der Waals surface area contributed by atoms with Gasteiger partial charge in [0.15, 0.2) is 0 Å². The van der Waals surface area contributed by atoms with Gasteiger partial charge in [-0.3, -0.25) is 0 Å². The summed E-state index contributed by atoms with van der Waals surface area (Å²) in [5, 5.41) is 0. The van der Waals surface area contributed by atoms with Gasteiger partial charge in [0.1, 0.15) is 5.75 Å². The number of rotatable bonds is 16. The summed E-state index contributed by atoms with van der Waals surface area (Å²) in [6, 6.07) is 10.2. The molecule has 2 aromatic rings. The van der Waals surface area contributed by atoms with Crippen molar-refractivity contribution in [1.82, 2.24) is 9.97 Å². The summed E-state index contributed by atoms with van der Waals surface area (Å²) < 4.78 is 11.7. The molecule has 5 heteroatoms. The Morgan fingerprint density at radius 1 is 0.743 bits per heavy atom. The fraction of sp³-hybridized carbons (Fsp3) is 0.667. The summed E-state index contributed by atoms with van der Waals surface area (Å²) in [6.45, 7) is 8.97. The molecule has 1 aliphatic carbocycles. The number of aromatic nitrogens is 2. The van der Waals surface area contributed by atoms with Gasteiger partial charge in [-0.15, -0.1) is 0 Å². The number of ether oxygens (including phenoxy) is 2. The van der Waals surface area contributed by atoms with Crippen LogP contribution in [0.5, 0.6) is 11.8 Å². The van der Waals surface area contributed by atoms with Gasteiger partial charge in [0.2, 0.25) is 0 Å². The molecule has 1 saturated carbocycles. The Balaban J connectivity index is 1.32. The van der Waals surface area contributed by atoms with E-state index in [1.807, 2.05) is 12.4 Å². The monoisotopic (exact) mass is 496 g/mol. The maximum absolute atomic E-state index is 6.03. The Morgan fingerprint density at radius 2 is 1.37 bits per heavy atom. The minimum atomic E-state index is -1.07. The third-order valence-corrected chi connectivity index (χ3v) is 12.2. The summed E-state index contributed by atoms with van der Waals surface area (Å²) in [6.07, 6.45) is 21.0. The van der Waals surface area contributed by atoms with Gasteiger partial charge in [0.05, 0.1) is 21.3 Å². The topological polar surface area (TPSA) is 44.2 Å². The van der Waals surface area contributed by atoms with Gasteiger partial charge >= 0.3 is 6.01 Å². The standard InChI is InChI=1S/C30H48N2O2Si/c1-4-5-6-7-8-12-22-34-30-31-24-27(25-32-30)26-17-19-28(20-18-26)33-21-13-14-23-35(2,3)29-15-10-9-11-16-29/h17-20,24-25,29H,4-16,21-23H2,1-3H3. The van der Waals surface area contributed by atoms with Crippen LogP contribution in [0.25, 0.3) is 11.1 Å². The average molecular weight is 497 g/mol. The van der Waals surface area contributed by atoms with Gasteiger partial charge < -0.3 is 9.47 Å². The molecular weight excluding hydrogens is 448 g/mol. The zero-order valence-corrected chi connectivity index (χ0v) is 23.6. The summed E-state index contributed by atoms with van der Waals surface area (Å²) in [4.78, 5) is 8.77. The zero-order valence-electron chi connectivity index (χ0n) is 22.6. The van der Waals surface area contributed by atoms with Crippen molar-refractivity contribution in [3.05, 3.63) is 36.7 Å². The first-order valence-electron chi connectivity index (χ1n) is 14.3. The number of unbranched alkanes of at least 4 members (excludes halogenated alkanes) is 6. The number of hydrogen-bond acceptors (Lipinski definition) is 4. The van der Waals surface area contributed by atoms with E-state index < -0.39 is 8.07 Å². The van der Waals surface area contributed by atoms with Crippen molar-refractivity contribution in [2.45, 2.75) is 115 Å². The van der Waals surface area contributed by atoms with E-state index in [2.05, 4.69) is 54.3 Å². The molecule has 0 spiro atoms. The minimum Gasteiger partial charge on any atom is -0.494 e. The van der Waals surface area contributed by atoms with E-state index in [1.54, 1.807) is 0 Å². The normalized spacial score (nSPS) is 14.7. The van der Waals surface area contributed by atoms with Crippen LogP contribution in [0.1, 0.15) is 90.4 Å². The minimum absolute atomic E-state index is 0.469. The Morgan fingerprint density at radius 3 is 2.09 bits per heavy atom. The van der Waals surface area contributed by atoms with Gasteiger partial charge in [-0.2, -0.15) is 0 Å². The molecule has 194 valence electrons. The van der Waals surface area contributed by atoms with E-state index in [1.165, 1.54) is 76.7 Å². The van der Waals surface area contributed by atoms with Crippen LogP contribution >= 0.6 is 0 Å². The quantitative estimate of drug-likeness (QED) is 0.172. The van der Waals surface area contributed by atoms with Gasteiger partial charge in [-0.05, 0) is 36.1 Å². The zero-order chi connectivity index (χ0) is 24.8. The SMILES string of the molecule is CCCCCCCCOc1ncc(-c2ccc(OCCCC[Si](C)(C)C3CCCCC3)cc2)cn1. The van der Waals surface area contributed by atoms with E-state index in [4.69, 9.17) is 9.47 Å². The van der Waals surface area contributed by atoms with Gasteiger partial charge in [-0.1, -0.05) is 109 Å². The van der Waals surface area contributed by atoms with Crippen molar-refractivity contribution < 1.29 is 9.47 Å². The molecule has 4 nitrogen and oxygen atoms in total. The summed E-state index contributed by atoms with van der Waals surface area (Å²) in [7, 11) is -1.07. The second-order valence-electron chi connectivity index (χ2n) is 11.0. The molecule has 0 amide bonds.